The molecular formula is C21H27N5O3. The van der Waals surface area contributed by atoms with Crippen LogP contribution in [0.4, 0.5) is 0 Å². The average Bonchev–Trinajstić information content (AvgIpc) is 3.41. The minimum Gasteiger partial charge on any atom is -0.468 e. The van der Waals surface area contributed by atoms with Crippen LogP contribution in [-0.2, 0) is 4.79 Å². The topological polar surface area (TPSA) is 103 Å². The third-order valence-electron chi connectivity index (χ3n) is 4.94. The van der Waals surface area contributed by atoms with E-state index in [9.17, 15) is 9.59 Å². The van der Waals surface area contributed by atoms with Gasteiger partial charge in [0.05, 0.1) is 17.8 Å². The third kappa shape index (κ3) is 5.03. The summed E-state index contributed by atoms with van der Waals surface area (Å²) in [6, 6.07) is 11.2. The van der Waals surface area contributed by atoms with E-state index in [1.807, 2.05) is 36.4 Å². The Morgan fingerprint density at radius 3 is 2.66 bits per heavy atom. The van der Waals surface area contributed by atoms with Gasteiger partial charge in [-0.2, -0.15) is 5.10 Å². The number of carbonyl (C=O) groups excluding carboxylic acids is 2. The Bertz CT molecular complexity index is 931. The number of benzene rings is 1. The fourth-order valence-electron chi connectivity index (χ4n) is 3.36. The minimum absolute atomic E-state index is 0.0195. The normalized spacial score (nSPS) is 12.2. The molecule has 0 saturated heterocycles. The summed E-state index contributed by atoms with van der Waals surface area (Å²) in [4.78, 5) is 26.8. The van der Waals surface area contributed by atoms with E-state index < -0.39 is 0 Å². The fraction of sp³-hybridized carbons (Fsp3) is 0.381. The van der Waals surface area contributed by atoms with Crippen molar-refractivity contribution in [2.45, 2.75) is 26.3 Å². The molecule has 8 nitrogen and oxygen atoms in total. The second-order valence-corrected chi connectivity index (χ2v) is 6.68. The Morgan fingerprint density at radius 2 is 1.93 bits per heavy atom. The van der Waals surface area contributed by atoms with Gasteiger partial charge in [-0.05, 0) is 31.3 Å². The zero-order valence-corrected chi connectivity index (χ0v) is 16.8. The molecule has 2 amide bonds. The van der Waals surface area contributed by atoms with Gasteiger partial charge in [0.25, 0.3) is 5.91 Å². The lowest BCUT2D eigenvalue weighted by Gasteiger charge is -2.28. The maximum atomic E-state index is 12.3. The second kappa shape index (κ2) is 9.88. The lowest BCUT2D eigenvalue weighted by Crippen LogP contribution is -2.39. The highest BCUT2D eigenvalue weighted by Gasteiger charge is 2.21. The van der Waals surface area contributed by atoms with E-state index in [4.69, 9.17) is 4.42 Å². The summed E-state index contributed by atoms with van der Waals surface area (Å²) >= 11 is 0. The Labute approximate surface area is 169 Å². The monoisotopic (exact) mass is 397 g/mol. The van der Waals surface area contributed by atoms with Crippen LogP contribution in [0.25, 0.3) is 10.9 Å². The number of amides is 2. The van der Waals surface area contributed by atoms with Crippen molar-refractivity contribution in [2.24, 2.45) is 0 Å². The van der Waals surface area contributed by atoms with Crippen LogP contribution in [0.1, 0.15) is 42.6 Å². The van der Waals surface area contributed by atoms with Crippen molar-refractivity contribution >= 4 is 22.7 Å². The van der Waals surface area contributed by atoms with Gasteiger partial charge in [0.2, 0.25) is 5.91 Å². The van der Waals surface area contributed by atoms with E-state index in [2.05, 4.69) is 39.6 Å². The molecule has 1 unspecified atom stereocenters. The maximum absolute atomic E-state index is 12.3. The first-order valence-corrected chi connectivity index (χ1v) is 9.89. The molecule has 0 spiro atoms. The summed E-state index contributed by atoms with van der Waals surface area (Å²) in [5.41, 5.74) is 1.14. The van der Waals surface area contributed by atoms with Crippen molar-refractivity contribution in [2.75, 3.05) is 26.2 Å². The number of furan rings is 1. The molecule has 29 heavy (non-hydrogen) atoms. The number of H-pyrrole nitrogens is 1. The van der Waals surface area contributed by atoms with Gasteiger partial charge in [0.15, 0.2) is 5.69 Å². The van der Waals surface area contributed by atoms with Crippen molar-refractivity contribution in [3.8, 4) is 0 Å². The molecule has 0 aliphatic carbocycles. The molecule has 0 bridgehead atoms. The molecule has 154 valence electrons. The predicted octanol–water partition coefficient (Wildman–Crippen LogP) is 2.48. The molecule has 1 atom stereocenters. The molecule has 8 heteroatoms. The molecule has 1 aromatic carbocycles. The number of likely N-dealkylation sites (N-methyl/N-ethyl adjacent to an activating group) is 1. The maximum Gasteiger partial charge on any atom is 0.272 e. The summed E-state index contributed by atoms with van der Waals surface area (Å²) in [7, 11) is 0. The molecule has 3 rings (SSSR count). The number of rotatable bonds is 10. The second-order valence-electron chi connectivity index (χ2n) is 6.68. The minimum atomic E-state index is -0.299. The molecule has 2 aromatic heterocycles. The quantitative estimate of drug-likeness (QED) is 0.488. The number of nitrogens with zero attached hydrogens (tertiary/aromatic N) is 2. The van der Waals surface area contributed by atoms with Gasteiger partial charge in [-0.1, -0.05) is 32.0 Å². The summed E-state index contributed by atoms with van der Waals surface area (Å²) in [6.45, 7) is 6.55. The number of para-hydroxylation sites is 1. The lowest BCUT2D eigenvalue weighted by molar-refractivity contribution is -0.121. The van der Waals surface area contributed by atoms with Gasteiger partial charge in [0.1, 0.15) is 5.76 Å². The highest BCUT2D eigenvalue weighted by molar-refractivity contribution is 6.04. The van der Waals surface area contributed by atoms with Gasteiger partial charge in [-0.3, -0.25) is 19.6 Å². The highest BCUT2D eigenvalue weighted by Crippen LogP contribution is 2.20. The number of hydrogen-bond acceptors (Lipinski definition) is 5. The standard InChI is InChI=1S/C21H27N5O3/c1-3-26(4-2)17(18-10-7-13-29-18)14-23-19(27)11-12-22-21(28)20-15-8-5-6-9-16(15)24-25-20/h5-10,13,17H,3-4,11-12,14H2,1-2H3,(H,22,28)(H,23,27)(H,24,25). The SMILES string of the molecule is CCN(CC)C(CNC(=O)CCNC(=O)c1n[nH]c2ccccc12)c1ccco1. The van der Waals surface area contributed by atoms with E-state index in [-0.39, 0.29) is 30.8 Å². The largest absolute Gasteiger partial charge is 0.468 e. The van der Waals surface area contributed by atoms with Crippen molar-refractivity contribution in [3.05, 3.63) is 54.1 Å². The predicted molar refractivity (Wildman–Crippen MR) is 110 cm³/mol. The van der Waals surface area contributed by atoms with Crippen LogP contribution < -0.4 is 10.6 Å². The van der Waals surface area contributed by atoms with E-state index in [1.54, 1.807) is 6.26 Å². The van der Waals surface area contributed by atoms with Crippen molar-refractivity contribution in [1.29, 1.82) is 0 Å². The van der Waals surface area contributed by atoms with E-state index in [0.717, 1.165) is 29.8 Å². The van der Waals surface area contributed by atoms with E-state index in [1.165, 1.54) is 0 Å². The number of hydrogen-bond donors (Lipinski definition) is 3. The zero-order chi connectivity index (χ0) is 20.6. The lowest BCUT2D eigenvalue weighted by atomic mass is 10.1. The number of nitrogens with one attached hydrogen (secondary N) is 3. The van der Waals surface area contributed by atoms with Crippen molar-refractivity contribution in [3.63, 3.8) is 0 Å². The molecule has 3 aromatic rings. The first kappa shape index (κ1) is 20.6. The van der Waals surface area contributed by atoms with Gasteiger partial charge < -0.3 is 15.1 Å². The Morgan fingerprint density at radius 1 is 1.14 bits per heavy atom. The van der Waals surface area contributed by atoms with Gasteiger partial charge >= 0.3 is 0 Å². The summed E-state index contributed by atoms with van der Waals surface area (Å²) in [6.07, 6.45) is 1.83. The Kier molecular flexibility index (Phi) is 7.02. The van der Waals surface area contributed by atoms with Gasteiger partial charge in [-0.25, -0.2) is 0 Å². The van der Waals surface area contributed by atoms with Crippen LogP contribution in [0.3, 0.4) is 0 Å². The number of aromatic nitrogens is 2. The summed E-state index contributed by atoms with van der Waals surface area (Å²) in [5.74, 6) is 0.403. The van der Waals surface area contributed by atoms with Crippen LogP contribution in [0.15, 0.2) is 47.1 Å². The highest BCUT2D eigenvalue weighted by atomic mass is 16.3. The zero-order valence-electron chi connectivity index (χ0n) is 16.8. The molecule has 0 aliphatic rings. The number of carbonyl (C=O) groups is 2. The summed E-state index contributed by atoms with van der Waals surface area (Å²) < 4.78 is 5.54. The van der Waals surface area contributed by atoms with Crippen LogP contribution in [0, 0.1) is 0 Å². The smallest absolute Gasteiger partial charge is 0.272 e. The van der Waals surface area contributed by atoms with Gasteiger partial charge in [-0.15, -0.1) is 0 Å². The Balaban J connectivity index is 1.48. The van der Waals surface area contributed by atoms with E-state index in [0.29, 0.717) is 12.2 Å². The molecule has 0 fully saturated rings. The van der Waals surface area contributed by atoms with Crippen LogP contribution in [0.2, 0.25) is 0 Å². The fourth-order valence-corrected chi connectivity index (χ4v) is 3.36. The van der Waals surface area contributed by atoms with Gasteiger partial charge in [0, 0.05) is 24.9 Å². The average molecular weight is 397 g/mol. The molecule has 0 radical (unpaired) electrons. The molecule has 3 N–H and O–H groups in total. The number of fused-ring (bicyclic) bond motifs is 1. The molecule has 0 aliphatic heterocycles. The molecule has 0 saturated carbocycles. The first-order chi connectivity index (χ1) is 14.1. The molecular weight excluding hydrogens is 370 g/mol. The van der Waals surface area contributed by atoms with Crippen LogP contribution >= 0.6 is 0 Å². The molecule has 2 heterocycles. The van der Waals surface area contributed by atoms with Crippen LogP contribution in [0.5, 0.6) is 0 Å². The van der Waals surface area contributed by atoms with Crippen molar-refractivity contribution in [1.82, 2.24) is 25.7 Å². The third-order valence-corrected chi connectivity index (χ3v) is 4.94. The van der Waals surface area contributed by atoms with Crippen LogP contribution in [-0.4, -0.2) is 53.1 Å². The first-order valence-electron chi connectivity index (χ1n) is 9.89. The summed E-state index contributed by atoms with van der Waals surface area (Å²) in [5, 5.41) is 13.4. The number of aromatic amines is 1. The Hall–Kier alpha value is -3.13. The van der Waals surface area contributed by atoms with Crippen molar-refractivity contribution < 1.29 is 14.0 Å². The van der Waals surface area contributed by atoms with E-state index >= 15 is 0 Å².